The lowest BCUT2D eigenvalue weighted by Gasteiger charge is -2.29. The zero-order valence-corrected chi connectivity index (χ0v) is 13.8. The van der Waals surface area contributed by atoms with Crippen molar-refractivity contribution >= 4 is 11.9 Å². The molecule has 4 heteroatoms. The lowest BCUT2D eigenvalue weighted by atomic mass is 9.74. The molecule has 4 nitrogen and oxygen atoms in total. The molecule has 1 aromatic rings. The largest absolute Gasteiger partial charge is 0.481 e. The Bertz CT molecular complexity index is 592. The van der Waals surface area contributed by atoms with Crippen molar-refractivity contribution in [2.75, 3.05) is 0 Å². The normalized spacial score (nSPS) is 16.2. The quantitative estimate of drug-likeness (QED) is 0.618. The summed E-state index contributed by atoms with van der Waals surface area (Å²) in [5.74, 6) is 1.53. The lowest BCUT2D eigenvalue weighted by molar-refractivity contribution is -0.157. The summed E-state index contributed by atoms with van der Waals surface area (Å²) in [7, 11) is 0. The molecule has 1 aromatic carbocycles. The summed E-state index contributed by atoms with van der Waals surface area (Å²) in [6.45, 7) is 0. The molecule has 128 valence electrons. The van der Waals surface area contributed by atoms with Crippen LogP contribution in [0.2, 0.25) is 0 Å². The molecule has 0 saturated heterocycles. The molecule has 1 aliphatic rings. The summed E-state index contributed by atoms with van der Waals surface area (Å²) in [5, 5.41) is 18.7. The van der Waals surface area contributed by atoms with Crippen LogP contribution in [0.3, 0.4) is 0 Å². The standard InChI is InChI=1S/C20H24O4/c21-19(22)18(20(23)24)17(16-12-5-2-6-13-16)14-8-7-11-15-9-3-1-4-10-15/h1,3-4,9-10,16-18H,2,5-7,11-13H2,(H,21,22)(H,23,24)/t17-/m1/s1. The van der Waals surface area contributed by atoms with Crippen molar-refractivity contribution in [3.05, 3.63) is 35.9 Å². The Balaban J connectivity index is 2.09. The van der Waals surface area contributed by atoms with E-state index in [1.807, 2.05) is 30.3 Å². The van der Waals surface area contributed by atoms with E-state index in [2.05, 4.69) is 11.8 Å². The van der Waals surface area contributed by atoms with Crippen LogP contribution in [-0.2, 0) is 16.0 Å². The van der Waals surface area contributed by atoms with Crippen LogP contribution >= 0.6 is 0 Å². The van der Waals surface area contributed by atoms with Gasteiger partial charge in [0.1, 0.15) is 0 Å². The van der Waals surface area contributed by atoms with Gasteiger partial charge >= 0.3 is 11.9 Å². The van der Waals surface area contributed by atoms with Crippen LogP contribution in [0.4, 0.5) is 0 Å². The fourth-order valence-electron chi connectivity index (χ4n) is 3.42. The van der Waals surface area contributed by atoms with Gasteiger partial charge < -0.3 is 10.2 Å². The maximum atomic E-state index is 11.4. The number of carbonyl (C=O) groups is 2. The second kappa shape index (κ2) is 9.12. The van der Waals surface area contributed by atoms with E-state index in [-0.39, 0.29) is 5.92 Å². The molecular formula is C20H24O4. The van der Waals surface area contributed by atoms with Crippen molar-refractivity contribution in [2.24, 2.45) is 17.8 Å². The van der Waals surface area contributed by atoms with Crippen LogP contribution in [0.15, 0.2) is 30.3 Å². The molecule has 0 unspecified atom stereocenters. The zero-order chi connectivity index (χ0) is 17.4. The van der Waals surface area contributed by atoms with Crippen molar-refractivity contribution in [3.8, 4) is 11.8 Å². The molecule has 1 atom stereocenters. The van der Waals surface area contributed by atoms with Gasteiger partial charge in [-0.15, -0.1) is 5.92 Å². The Labute approximate surface area is 142 Å². The third-order valence-electron chi connectivity index (χ3n) is 4.70. The van der Waals surface area contributed by atoms with Crippen LogP contribution in [0.25, 0.3) is 0 Å². The van der Waals surface area contributed by atoms with Gasteiger partial charge in [0, 0.05) is 12.3 Å². The first-order valence-corrected chi connectivity index (χ1v) is 8.57. The third-order valence-corrected chi connectivity index (χ3v) is 4.70. The van der Waals surface area contributed by atoms with Gasteiger partial charge in [-0.05, 0) is 30.7 Å². The van der Waals surface area contributed by atoms with E-state index in [0.717, 1.165) is 38.5 Å². The Kier molecular flexibility index (Phi) is 6.87. The van der Waals surface area contributed by atoms with Crippen LogP contribution in [0.1, 0.15) is 44.1 Å². The second-order valence-electron chi connectivity index (χ2n) is 6.38. The summed E-state index contributed by atoms with van der Waals surface area (Å²) in [5.41, 5.74) is 1.18. The Morgan fingerprint density at radius 3 is 2.25 bits per heavy atom. The van der Waals surface area contributed by atoms with Gasteiger partial charge in [0.05, 0.1) is 0 Å². The summed E-state index contributed by atoms with van der Waals surface area (Å²) in [6.07, 6.45) is 6.33. The number of carboxylic acids is 2. The van der Waals surface area contributed by atoms with E-state index in [0.29, 0.717) is 6.42 Å². The van der Waals surface area contributed by atoms with Gasteiger partial charge in [0.15, 0.2) is 5.92 Å². The minimum atomic E-state index is -1.43. The average Bonchev–Trinajstić information content (AvgIpc) is 2.58. The minimum Gasteiger partial charge on any atom is -0.481 e. The van der Waals surface area contributed by atoms with E-state index >= 15 is 0 Å². The molecule has 1 aliphatic carbocycles. The van der Waals surface area contributed by atoms with Crippen molar-refractivity contribution in [2.45, 2.75) is 44.9 Å². The molecule has 0 heterocycles. The molecule has 2 rings (SSSR count). The van der Waals surface area contributed by atoms with Gasteiger partial charge in [-0.3, -0.25) is 9.59 Å². The predicted octanol–water partition coefficient (Wildman–Crippen LogP) is 3.60. The van der Waals surface area contributed by atoms with Crippen LogP contribution in [0.5, 0.6) is 0 Å². The van der Waals surface area contributed by atoms with Crippen molar-refractivity contribution in [3.63, 3.8) is 0 Å². The summed E-state index contributed by atoms with van der Waals surface area (Å²) >= 11 is 0. The topological polar surface area (TPSA) is 74.6 Å². The first kappa shape index (κ1) is 18.1. The number of rotatable bonds is 6. The number of hydrogen-bond donors (Lipinski definition) is 2. The van der Waals surface area contributed by atoms with E-state index in [4.69, 9.17) is 0 Å². The van der Waals surface area contributed by atoms with Crippen LogP contribution in [0, 0.1) is 29.6 Å². The van der Waals surface area contributed by atoms with Crippen LogP contribution in [-0.4, -0.2) is 22.2 Å². The molecule has 24 heavy (non-hydrogen) atoms. The highest BCUT2D eigenvalue weighted by Crippen LogP contribution is 2.34. The summed E-state index contributed by atoms with van der Waals surface area (Å²) < 4.78 is 0. The Hall–Kier alpha value is -2.28. The van der Waals surface area contributed by atoms with Crippen molar-refractivity contribution in [1.82, 2.24) is 0 Å². The first-order chi connectivity index (χ1) is 11.6. The number of carboxylic acid groups (broad SMARTS) is 2. The highest BCUT2D eigenvalue weighted by molar-refractivity contribution is 5.93. The van der Waals surface area contributed by atoms with Gasteiger partial charge in [-0.25, -0.2) is 0 Å². The lowest BCUT2D eigenvalue weighted by Crippen LogP contribution is -2.35. The average molecular weight is 328 g/mol. The minimum absolute atomic E-state index is 0.0696. The van der Waals surface area contributed by atoms with Gasteiger partial charge in [0.25, 0.3) is 0 Å². The summed E-state index contributed by atoms with van der Waals surface area (Å²) in [6, 6.07) is 9.95. The molecular weight excluding hydrogens is 304 g/mol. The van der Waals surface area contributed by atoms with E-state index in [9.17, 15) is 19.8 Å². The smallest absolute Gasteiger partial charge is 0.319 e. The van der Waals surface area contributed by atoms with Gasteiger partial charge in [0.2, 0.25) is 0 Å². The van der Waals surface area contributed by atoms with Crippen molar-refractivity contribution < 1.29 is 19.8 Å². The number of aryl methyl sites for hydroxylation is 1. The van der Waals surface area contributed by atoms with Gasteiger partial charge in [-0.1, -0.05) is 55.5 Å². The molecule has 0 aromatic heterocycles. The summed E-state index contributed by atoms with van der Waals surface area (Å²) in [4.78, 5) is 22.9. The predicted molar refractivity (Wildman–Crippen MR) is 91.4 cm³/mol. The Morgan fingerprint density at radius 2 is 1.67 bits per heavy atom. The van der Waals surface area contributed by atoms with Gasteiger partial charge in [-0.2, -0.15) is 0 Å². The van der Waals surface area contributed by atoms with Crippen LogP contribution < -0.4 is 0 Å². The second-order valence-corrected chi connectivity index (χ2v) is 6.38. The molecule has 2 N–H and O–H groups in total. The van der Waals surface area contributed by atoms with E-state index in [1.54, 1.807) is 0 Å². The SMILES string of the molecule is O=C(O)C(C(=O)O)[C@H](C#CCCc1ccccc1)C1CCCCC1. The molecule has 0 aliphatic heterocycles. The molecule has 0 amide bonds. The molecule has 1 saturated carbocycles. The monoisotopic (exact) mass is 328 g/mol. The van der Waals surface area contributed by atoms with E-state index < -0.39 is 23.8 Å². The number of benzene rings is 1. The highest BCUT2D eigenvalue weighted by atomic mass is 16.4. The maximum Gasteiger partial charge on any atom is 0.319 e. The number of aliphatic carboxylic acids is 2. The Morgan fingerprint density at radius 1 is 1.04 bits per heavy atom. The van der Waals surface area contributed by atoms with Crippen molar-refractivity contribution in [1.29, 1.82) is 0 Å². The third kappa shape index (κ3) is 5.13. The highest BCUT2D eigenvalue weighted by Gasteiger charge is 2.39. The van der Waals surface area contributed by atoms with E-state index in [1.165, 1.54) is 5.56 Å². The fourth-order valence-corrected chi connectivity index (χ4v) is 3.42. The maximum absolute atomic E-state index is 11.4. The molecule has 0 bridgehead atoms. The first-order valence-electron chi connectivity index (χ1n) is 8.57. The molecule has 1 fully saturated rings. The molecule has 0 spiro atoms. The fraction of sp³-hybridized carbons (Fsp3) is 0.500. The zero-order valence-electron chi connectivity index (χ0n) is 13.8. The molecule has 0 radical (unpaired) electrons. The number of hydrogen-bond acceptors (Lipinski definition) is 2.